The second-order valence-corrected chi connectivity index (χ2v) is 6.92. The Balaban J connectivity index is 2.35. The van der Waals surface area contributed by atoms with E-state index >= 15 is 0 Å². The Morgan fingerprint density at radius 1 is 1.44 bits per heavy atom. The van der Waals surface area contributed by atoms with Crippen molar-refractivity contribution in [1.82, 2.24) is 0 Å². The van der Waals surface area contributed by atoms with Crippen LogP contribution in [0.1, 0.15) is 55.5 Å². The summed E-state index contributed by atoms with van der Waals surface area (Å²) in [7, 11) is 0. The molecule has 0 radical (unpaired) electrons. The summed E-state index contributed by atoms with van der Waals surface area (Å²) in [5.41, 5.74) is 8.44. The van der Waals surface area contributed by atoms with Crippen LogP contribution in [0.5, 0.6) is 0 Å². The molecule has 0 aliphatic heterocycles. The van der Waals surface area contributed by atoms with E-state index in [1.165, 1.54) is 23.3 Å². The Bertz CT molecular complexity index is 521. The lowest BCUT2D eigenvalue weighted by Crippen LogP contribution is -2.31. The molecule has 1 aromatic rings. The first kappa shape index (κ1) is 10.2. The van der Waals surface area contributed by atoms with Crippen LogP contribution in [0.2, 0.25) is 0 Å². The van der Waals surface area contributed by atoms with Crippen molar-refractivity contribution in [2.45, 2.75) is 44.9 Å². The van der Waals surface area contributed by atoms with E-state index in [4.69, 9.17) is 5.73 Å². The molecule has 2 bridgehead atoms. The van der Waals surface area contributed by atoms with Gasteiger partial charge in [-0.05, 0) is 29.7 Å². The first-order valence-corrected chi connectivity index (χ1v) is 6.58. The predicted molar refractivity (Wildman–Crippen MR) is 66.6 cm³/mol. The highest BCUT2D eigenvalue weighted by atomic mass is 32.1. The highest BCUT2D eigenvalue weighted by Gasteiger charge is 2.61. The number of hydrogen-bond acceptors (Lipinski definition) is 3. The molecule has 84 valence electrons. The zero-order valence-electron chi connectivity index (χ0n) is 9.92. The Kier molecular flexibility index (Phi) is 1.67. The molecule has 1 heterocycles. The average molecular weight is 232 g/mol. The van der Waals surface area contributed by atoms with E-state index in [-0.39, 0.29) is 10.8 Å². The van der Waals surface area contributed by atoms with Gasteiger partial charge in [-0.3, -0.25) is 0 Å². The molecule has 2 N–H and O–H groups in total. The summed E-state index contributed by atoms with van der Waals surface area (Å²) >= 11 is 1.65. The fraction of sp³-hybridized carbons (Fsp3) is 0.615. The van der Waals surface area contributed by atoms with Gasteiger partial charge in [-0.25, -0.2) is 0 Å². The van der Waals surface area contributed by atoms with Gasteiger partial charge in [0.2, 0.25) is 0 Å². The van der Waals surface area contributed by atoms with Gasteiger partial charge in [-0.15, -0.1) is 11.3 Å². The van der Waals surface area contributed by atoms with Gasteiger partial charge < -0.3 is 5.73 Å². The minimum Gasteiger partial charge on any atom is -0.389 e. The average Bonchev–Trinajstić information content (AvgIpc) is 2.70. The summed E-state index contributed by atoms with van der Waals surface area (Å²) in [5.74, 6) is 0.613. The SMILES string of the molecule is CC1(C)[C@H]2CC[C@]1(C)c1c2sc(N)c1C#N. The summed E-state index contributed by atoms with van der Waals surface area (Å²) in [6.45, 7) is 7.00. The van der Waals surface area contributed by atoms with Crippen molar-refractivity contribution in [2.75, 3.05) is 5.73 Å². The Morgan fingerprint density at radius 3 is 2.75 bits per heavy atom. The third-order valence-corrected chi connectivity index (χ3v) is 6.30. The lowest BCUT2D eigenvalue weighted by atomic mass is 9.68. The summed E-state index contributed by atoms with van der Waals surface area (Å²) < 4.78 is 0. The maximum Gasteiger partial charge on any atom is 0.104 e. The van der Waals surface area contributed by atoms with Gasteiger partial charge in [0.1, 0.15) is 11.1 Å². The molecule has 1 aromatic heterocycles. The van der Waals surface area contributed by atoms with Crippen molar-refractivity contribution < 1.29 is 0 Å². The Hall–Kier alpha value is -1.01. The zero-order chi connectivity index (χ0) is 11.7. The molecule has 1 fully saturated rings. The summed E-state index contributed by atoms with van der Waals surface area (Å²) in [6.07, 6.45) is 2.45. The quantitative estimate of drug-likeness (QED) is 0.745. The topological polar surface area (TPSA) is 49.8 Å². The third kappa shape index (κ3) is 0.811. The van der Waals surface area contributed by atoms with E-state index in [0.29, 0.717) is 5.92 Å². The molecule has 3 rings (SSSR count). The molecule has 2 atom stereocenters. The molecule has 1 saturated carbocycles. The first-order valence-electron chi connectivity index (χ1n) is 5.76. The standard InChI is InChI=1S/C13H16N2S/c1-12(2)8-4-5-13(12,3)9-7(6-14)11(15)16-10(8)9/h8H,4-5,15H2,1-3H3/t8-,13+/m0/s1. The fourth-order valence-electron chi connectivity index (χ4n) is 3.78. The number of nitrogens with two attached hydrogens (primary N) is 1. The van der Waals surface area contributed by atoms with E-state index in [9.17, 15) is 5.26 Å². The third-order valence-electron chi connectivity index (χ3n) is 5.17. The van der Waals surface area contributed by atoms with E-state index in [0.717, 1.165) is 10.6 Å². The molecule has 2 aliphatic carbocycles. The minimum absolute atomic E-state index is 0.159. The van der Waals surface area contributed by atoms with Crippen LogP contribution in [0.4, 0.5) is 5.00 Å². The van der Waals surface area contributed by atoms with E-state index in [2.05, 4.69) is 26.8 Å². The lowest BCUT2D eigenvalue weighted by molar-refractivity contribution is 0.231. The first-order chi connectivity index (χ1) is 7.43. The van der Waals surface area contributed by atoms with Crippen molar-refractivity contribution in [3.05, 3.63) is 16.0 Å². The maximum absolute atomic E-state index is 9.26. The number of thiophene rings is 1. The number of nitrogen functional groups attached to an aromatic ring is 1. The van der Waals surface area contributed by atoms with Gasteiger partial charge in [0, 0.05) is 10.3 Å². The summed E-state index contributed by atoms with van der Waals surface area (Å²) in [4.78, 5) is 1.40. The van der Waals surface area contributed by atoms with E-state index in [1.54, 1.807) is 11.3 Å². The number of nitrogens with zero attached hydrogens (tertiary/aromatic N) is 1. The minimum atomic E-state index is 0.159. The van der Waals surface area contributed by atoms with Crippen LogP contribution in [0.3, 0.4) is 0 Å². The highest BCUT2D eigenvalue weighted by molar-refractivity contribution is 7.16. The van der Waals surface area contributed by atoms with Gasteiger partial charge in [0.15, 0.2) is 0 Å². The van der Waals surface area contributed by atoms with Gasteiger partial charge in [-0.2, -0.15) is 5.26 Å². The van der Waals surface area contributed by atoms with Crippen molar-refractivity contribution >= 4 is 16.3 Å². The molecular weight excluding hydrogens is 216 g/mol. The van der Waals surface area contributed by atoms with Gasteiger partial charge in [-0.1, -0.05) is 20.8 Å². The number of hydrogen-bond donors (Lipinski definition) is 1. The largest absolute Gasteiger partial charge is 0.389 e. The molecule has 0 aromatic carbocycles. The van der Waals surface area contributed by atoms with Crippen LogP contribution in [-0.2, 0) is 5.41 Å². The van der Waals surface area contributed by atoms with Gasteiger partial charge >= 0.3 is 0 Å². The number of nitriles is 1. The van der Waals surface area contributed by atoms with Crippen LogP contribution in [0.25, 0.3) is 0 Å². The molecule has 0 saturated heterocycles. The van der Waals surface area contributed by atoms with Crippen LogP contribution >= 0.6 is 11.3 Å². The Labute approximate surface area is 100 Å². The van der Waals surface area contributed by atoms with Gasteiger partial charge in [0.25, 0.3) is 0 Å². The second-order valence-electron chi connectivity index (χ2n) is 5.84. The summed E-state index contributed by atoms with van der Waals surface area (Å²) in [6, 6.07) is 2.31. The monoisotopic (exact) mass is 232 g/mol. The van der Waals surface area contributed by atoms with Crippen LogP contribution < -0.4 is 5.73 Å². The van der Waals surface area contributed by atoms with Gasteiger partial charge in [0.05, 0.1) is 5.56 Å². The molecule has 16 heavy (non-hydrogen) atoms. The number of anilines is 1. The molecule has 0 spiro atoms. The van der Waals surface area contributed by atoms with E-state index in [1.807, 2.05) is 0 Å². The zero-order valence-corrected chi connectivity index (χ0v) is 10.7. The van der Waals surface area contributed by atoms with Crippen molar-refractivity contribution in [3.8, 4) is 6.07 Å². The molecule has 0 amide bonds. The van der Waals surface area contributed by atoms with Crippen LogP contribution in [-0.4, -0.2) is 0 Å². The Morgan fingerprint density at radius 2 is 2.12 bits per heavy atom. The van der Waals surface area contributed by atoms with E-state index < -0.39 is 0 Å². The normalized spacial score (nSPS) is 33.8. The lowest BCUT2D eigenvalue weighted by Gasteiger charge is -2.35. The van der Waals surface area contributed by atoms with Crippen molar-refractivity contribution in [2.24, 2.45) is 5.41 Å². The van der Waals surface area contributed by atoms with Crippen LogP contribution in [0.15, 0.2) is 0 Å². The maximum atomic E-state index is 9.26. The smallest absolute Gasteiger partial charge is 0.104 e. The van der Waals surface area contributed by atoms with Crippen molar-refractivity contribution in [1.29, 1.82) is 5.26 Å². The fourth-order valence-corrected chi connectivity index (χ4v) is 5.25. The molecule has 3 heteroatoms. The predicted octanol–water partition coefficient (Wildman–Crippen LogP) is 3.38. The molecule has 2 nitrogen and oxygen atoms in total. The second kappa shape index (κ2) is 2.62. The number of rotatable bonds is 0. The molecule has 0 unspecified atom stereocenters. The summed E-state index contributed by atoms with van der Waals surface area (Å²) in [5, 5.41) is 9.98. The molecule has 2 aliphatic rings. The highest BCUT2D eigenvalue weighted by Crippen LogP contribution is 2.70. The number of fused-ring (bicyclic) bond motifs is 5. The molecular formula is C13H16N2S. The van der Waals surface area contributed by atoms with Crippen molar-refractivity contribution in [3.63, 3.8) is 0 Å². The van der Waals surface area contributed by atoms with Crippen LogP contribution in [0, 0.1) is 16.7 Å².